The van der Waals surface area contributed by atoms with Crippen LogP contribution >= 0.6 is 0 Å². The third-order valence-corrected chi connectivity index (χ3v) is 8.80. The number of fused-ring (bicyclic) bond motifs is 2. The third kappa shape index (κ3) is 6.94. The molecule has 2 fully saturated rings. The van der Waals surface area contributed by atoms with E-state index in [-0.39, 0.29) is 30.6 Å². The van der Waals surface area contributed by atoms with Crippen LogP contribution in [-0.2, 0) is 28.4 Å². The number of hydrogen-bond acceptors (Lipinski definition) is 9. The molecular weight excluding hydrogens is 610 g/mol. The smallest absolute Gasteiger partial charge is 0.410 e. The zero-order valence-corrected chi connectivity index (χ0v) is 27.9. The van der Waals surface area contributed by atoms with Crippen LogP contribution in [0.5, 0.6) is 0 Å². The number of aryl methyl sites for hydroxylation is 2. The Morgan fingerprint density at radius 2 is 1.74 bits per heavy atom. The third-order valence-electron chi connectivity index (χ3n) is 8.13. The average molecular weight is 652 g/mol. The Hall–Kier alpha value is -4.24. The van der Waals surface area contributed by atoms with E-state index in [2.05, 4.69) is 30.0 Å². The first-order valence-corrected chi connectivity index (χ1v) is 17.4. The summed E-state index contributed by atoms with van der Waals surface area (Å²) in [5, 5.41) is 8.38. The van der Waals surface area contributed by atoms with E-state index in [1.54, 1.807) is 34.5 Å². The second-order valence-corrected chi connectivity index (χ2v) is 15.1. The van der Waals surface area contributed by atoms with Gasteiger partial charge in [-0.15, -0.1) is 0 Å². The van der Waals surface area contributed by atoms with Gasteiger partial charge in [0.15, 0.2) is 11.5 Å². The molecule has 0 radical (unpaired) electrons. The normalized spacial score (nSPS) is 16.3. The van der Waals surface area contributed by atoms with E-state index in [0.717, 1.165) is 56.1 Å². The number of imidazole rings is 1. The maximum Gasteiger partial charge on any atom is 0.410 e. The average Bonchev–Trinajstić information content (AvgIpc) is 3.57. The quantitative estimate of drug-likeness (QED) is 0.291. The second kappa shape index (κ2) is 11.8. The minimum Gasteiger partial charge on any atom is -0.444 e. The zero-order chi connectivity index (χ0) is 33.0. The van der Waals surface area contributed by atoms with Gasteiger partial charge in [0.05, 0.1) is 35.9 Å². The van der Waals surface area contributed by atoms with Gasteiger partial charge in [0.25, 0.3) is 5.91 Å². The van der Waals surface area contributed by atoms with Crippen LogP contribution in [-0.4, -0.2) is 86.5 Å². The second-order valence-electron chi connectivity index (χ2n) is 13.3. The van der Waals surface area contributed by atoms with Crippen LogP contribution in [0.25, 0.3) is 16.6 Å². The maximum absolute atomic E-state index is 13.6. The fraction of sp³-hybridized carbons (Fsp3) is 0.516. The van der Waals surface area contributed by atoms with E-state index in [1.165, 1.54) is 0 Å². The van der Waals surface area contributed by atoms with Crippen LogP contribution in [0.2, 0.25) is 0 Å². The Balaban J connectivity index is 1.20. The highest BCUT2D eigenvalue weighted by molar-refractivity contribution is 7.88. The summed E-state index contributed by atoms with van der Waals surface area (Å²) in [4.78, 5) is 39.9. The topological polar surface area (TPSA) is 156 Å². The number of rotatable bonds is 8. The number of benzene rings is 1. The molecule has 2 amide bonds. The van der Waals surface area contributed by atoms with Crippen molar-refractivity contribution < 1.29 is 22.7 Å². The summed E-state index contributed by atoms with van der Waals surface area (Å²) < 4.78 is 34.9. The zero-order valence-electron chi connectivity index (χ0n) is 27.1. The van der Waals surface area contributed by atoms with Gasteiger partial charge in [0, 0.05) is 55.7 Å². The first-order valence-electron chi connectivity index (χ1n) is 15.5. The van der Waals surface area contributed by atoms with E-state index < -0.39 is 15.6 Å². The van der Waals surface area contributed by atoms with Crippen molar-refractivity contribution in [2.45, 2.75) is 77.6 Å². The molecule has 0 bridgehead atoms. The van der Waals surface area contributed by atoms with Crippen LogP contribution in [0.3, 0.4) is 0 Å². The Kier molecular flexibility index (Phi) is 8.17. The minimum absolute atomic E-state index is 0.0265. The fourth-order valence-electron chi connectivity index (χ4n) is 6.07. The molecule has 246 valence electrons. The van der Waals surface area contributed by atoms with Crippen LogP contribution in [0.15, 0.2) is 30.7 Å². The first kappa shape index (κ1) is 31.7. The fourth-order valence-corrected chi connectivity index (χ4v) is 6.47. The number of carbonyl (C=O) groups excluding carboxylic acids is 2. The summed E-state index contributed by atoms with van der Waals surface area (Å²) in [6.07, 6.45) is 9.89. The van der Waals surface area contributed by atoms with Gasteiger partial charge < -0.3 is 24.3 Å². The van der Waals surface area contributed by atoms with Gasteiger partial charge in [0.1, 0.15) is 11.1 Å². The molecule has 1 aliphatic heterocycles. The van der Waals surface area contributed by atoms with Gasteiger partial charge in [0.2, 0.25) is 10.0 Å². The summed E-state index contributed by atoms with van der Waals surface area (Å²) >= 11 is 0. The van der Waals surface area contributed by atoms with Crippen molar-refractivity contribution in [3.05, 3.63) is 47.7 Å². The minimum atomic E-state index is -3.43. The molecule has 1 aromatic carbocycles. The standard InChI is InChI=1S/C31H41N9O5S/c1-19-16-39-18-26(34-28(39)24(33-19)15-32-46(6,43)44)35-29(41)22-9-10-25(23-17-37(5)36-27(22)23)38-13-11-21(12-14-38)40(20-7-8-20)30(42)45-31(2,3)4/h9-10,16-18,20-21,32H,7-8,11-15H2,1-6H3,(H,35,41). The van der Waals surface area contributed by atoms with E-state index in [1.807, 2.05) is 45.0 Å². The van der Waals surface area contributed by atoms with Crippen LogP contribution in [0.4, 0.5) is 16.3 Å². The largest absolute Gasteiger partial charge is 0.444 e. The summed E-state index contributed by atoms with van der Waals surface area (Å²) in [6.45, 7) is 8.99. The van der Waals surface area contributed by atoms with Crippen LogP contribution in [0, 0.1) is 6.92 Å². The van der Waals surface area contributed by atoms with Crippen molar-refractivity contribution >= 4 is 50.1 Å². The van der Waals surface area contributed by atoms with Gasteiger partial charge >= 0.3 is 6.09 Å². The number of sulfonamides is 1. The highest BCUT2D eigenvalue weighted by atomic mass is 32.2. The summed E-state index contributed by atoms with van der Waals surface area (Å²) in [5.41, 5.74) is 2.99. The van der Waals surface area contributed by atoms with Gasteiger partial charge in [-0.25, -0.2) is 22.9 Å². The number of piperidine rings is 1. The predicted octanol–water partition coefficient (Wildman–Crippen LogP) is 3.59. The lowest BCUT2D eigenvalue weighted by Crippen LogP contribution is -2.50. The highest BCUT2D eigenvalue weighted by Gasteiger charge is 2.41. The lowest BCUT2D eigenvalue weighted by Gasteiger charge is -2.40. The molecule has 46 heavy (non-hydrogen) atoms. The SMILES string of the molecule is Cc1cn2cc(NC(=O)c3ccc(N4CCC(N(C(=O)OC(C)(C)C)C5CC5)CC4)c4cn(C)nc34)nc2c(CNS(C)(=O)=O)n1. The first-order chi connectivity index (χ1) is 21.6. The Labute approximate surface area is 268 Å². The number of ether oxygens (including phenoxy) is 1. The lowest BCUT2D eigenvalue weighted by molar-refractivity contribution is 0.0113. The summed E-state index contributed by atoms with van der Waals surface area (Å²) in [7, 11) is -1.60. The number of carbonyl (C=O) groups is 2. The summed E-state index contributed by atoms with van der Waals surface area (Å²) in [6, 6.07) is 4.13. The molecule has 2 aliphatic rings. The Morgan fingerprint density at radius 1 is 1.04 bits per heavy atom. The molecular formula is C31H41N9O5S. The molecule has 1 aliphatic carbocycles. The number of aromatic nitrogens is 5. The monoisotopic (exact) mass is 651 g/mol. The predicted molar refractivity (Wildman–Crippen MR) is 174 cm³/mol. The molecule has 1 saturated heterocycles. The molecule has 0 unspecified atom stereocenters. The number of anilines is 2. The number of hydrogen-bond donors (Lipinski definition) is 2. The summed E-state index contributed by atoms with van der Waals surface area (Å²) in [5.74, 6) is -0.0614. The molecule has 4 aromatic rings. The Morgan fingerprint density at radius 3 is 2.39 bits per heavy atom. The molecule has 0 atom stereocenters. The molecule has 2 N–H and O–H groups in total. The van der Waals surface area contributed by atoms with E-state index in [9.17, 15) is 18.0 Å². The molecule has 1 saturated carbocycles. The highest BCUT2D eigenvalue weighted by Crippen LogP contribution is 2.36. The van der Waals surface area contributed by atoms with Crippen molar-refractivity contribution in [1.82, 2.24) is 33.8 Å². The Bertz CT molecular complexity index is 1920. The van der Waals surface area contributed by atoms with Crippen molar-refractivity contribution in [2.75, 3.05) is 29.6 Å². The lowest BCUT2D eigenvalue weighted by atomic mass is 10.0. The van der Waals surface area contributed by atoms with Gasteiger partial charge in [-0.3, -0.25) is 14.5 Å². The molecule has 14 nitrogen and oxygen atoms in total. The van der Waals surface area contributed by atoms with Crippen molar-refractivity contribution in [1.29, 1.82) is 0 Å². The number of nitrogens with one attached hydrogen (secondary N) is 2. The van der Waals surface area contributed by atoms with Gasteiger partial charge in [-0.05, 0) is 65.5 Å². The van der Waals surface area contributed by atoms with E-state index in [4.69, 9.17) is 4.74 Å². The van der Waals surface area contributed by atoms with Crippen LogP contribution in [0.1, 0.15) is 68.2 Å². The van der Waals surface area contributed by atoms with Crippen molar-refractivity contribution in [3.8, 4) is 0 Å². The number of amides is 2. The van der Waals surface area contributed by atoms with Gasteiger partial charge in [-0.2, -0.15) is 5.10 Å². The van der Waals surface area contributed by atoms with Crippen LogP contribution < -0.4 is 14.9 Å². The maximum atomic E-state index is 13.6. The molecule has 15 heteroatoms. The number of nitrogens with zero attached hydrogens (tertiary/aromatic N) is 7. The molecule has 6 rings (SSSR count). The van der Waals surface area contributed by atoms with E-state index >= 15 is 0 Å². The molecule has 4 heterocycles. The molecule has 0 spiro atoms. The van der Waals surface area contributed by atoms with Crippen molar-refractivity contribution in [2.24, 2.45) is 7.05 Å². The van der Waals surface area contributed by atoms with Gasteiger partial charge in [-0.1, -0.05) is 0 Å². The van der Waals surface area contributed by atoms with E-state index in [0.29, 0.717) is 33.9 Å². The molecule has 3 aromatic heterocycles. The van der Waals surface area contributed by atoms with Crippen molar-refractivity contribution in [3.63, 3.8) is 0 Å².